The highest BCUT2D eigenvalue weighted by molar-refractivity contribution is 8.14. The van der Waals surface area contributed by atoms with Crippen molar-refractivity contribution in [2.45, 2.75) is 63.4 Å². The first-order valence-electron chi connectivity index (χ1n) is 11.0. The Kier molecular flexibility index (Phi) is 5.90. The van der Waals surface area contributed by atoms with Crippen molar-refractivity contribution in [1.29, 1.82) is 0 Å². The largest absolute Gasteiger partial charge is 0.463 e. The number of nitrogens with one attached hydrogen (secondary N) is 1. The van der Waals surface area contributed by atoms with Crippen molar-refractivity contribution in [1.82, 2.24) is 9.97 Å². The summed E-state index contributed by atoms with van der Waals surface area (Å²) in [6.45, 7) is 3.77. The number of nitrogens with zero attached hydrogens (tertiary/aromatic N) is 2. The van der Waals surface area contributed by atoms with Crippen LogP contribution in [0.1, 0.15) is 49.1 Å². The lowest BCUT2D eigenvalue weighted by Gasteiger charge is -2.22. The number of thiophene rings is 1. The maximum absolute atomic E-state index is 11.9. The average molecular weight is 468 g/mol. The van der Waals surface area contributed by atoms with E-state index < -0.39 is 0 Å². The summed E-state index contributed by atoms with van der Waals surface area (Å²) < 4.78 is 5.28. The Bertz CT molecular complexity index is 1200. The van der Waals surface area contributed by atoms with Gasteiger partial charge in [0.2, 0.25) is 0 Å². The second kappa shape index (κ2) is 8.83. The molecule has 1 aliphatic heterocycles. The number of anilines is 2. The van der Waals surface area contributed by atoms with E-state index in [4.69, 9.17) is 4.74 Å². The van der Waals surface area contributed by atoms with Gasteiger partial charge < -0.3 is 10.1 Å². The molecule has 8 heteroatoms. The number of benzene rings is 1. The number of hydrogen-bond donors (Lipinski definition) is 1. The molecule has 0 amide bonds. The number of esters is 1. The van der Waals surface area contributed by atoms with Gasteiger partial charge in [-0.15, -0.1) is 11.3 Å². The molecule has 166 valence electrons. The Morgan fingerprint density at radius 1 is 1.31 bits per heavy atom. The number of carbonyl (C=O) groups is 2. The van der Waals surface area contributed by atoms with Crippen LogP contribution in [-0.2, 0) is 33.6 Å². The van der Waals surface area contributed by atoms with Crippen LogP contribution >= 0.6 is 23.1 Å². The Morgan fingerprint density at radius 2 is 2.19 bits per heavy atom. The molecular formula is C24H25N3O3S2. The van der Waals surface area contributed by atoms with Crippen molar-refractivity contribution < 1.29 is 14.3 Å². The van der Waals surface area contributed by atoms with Gasteiger partial charge in [-0.05, 0) is 68.7 Å². The van der Waals surface area contributed by atoms with Gasteiger partial charge in [0.05, 0.1) is 11.5 Å². The van der Waals surface area contributed by atoms with Gasteiger partial charge in [0.15, 0.2) is 5.12 Å². The molecule has 5 rings (SSSR count). The lowest BCUT2D eigenvalue weighted by molar-refractivity contribution is -0.147. The van der Waals surface area contributed by atoms with Crippen LogP contribution in [0.3, 0.4) is 0 Å². The molecule has 1 aromatic carbocycles. The minimum atomic E-state index is -0.103. The van der Waals surface area contributed by atoms with Crippen LogP contribution in [0.5, 0.6) is 0 Å². The van der Waals surface area contributed by atoms with Gasteiger partial charge in [0, 0.05) is 28.3 Å². The van der Waals surface area contributed by atoms with Gasteiger partial charge in [-0.3, -0.25) is 9.59 Å². The van der Waals surface area contributed by atoms with E-state index in [1.54, 1.807) is 17.7 Å². The molecule has 2 aromatic heterocycles. The third kappa shape index (κ3) is 4.38. The zero-order chi connectivity index (χ0) is 22.2. The fourth-order valence-corrected chi connectivity index (χ4v) is 6.72. The van der Waals surface area contributed by atoms with Crippen molar-refractivity contribution in [2.24, 2.45) is 5.92 Å². The van der Waals surface area contributed by atoms with Crippen molar-refractivity contribution in [3.8, 4) is 0 Å². The predicted octanol–water partition coefficient (Wildman–Crippen LogP) is 5.45. The van der Waals surface area contributed by atoms with Gasteiger partial charge in [-0.25, -0.2) is 9.97 Å². The van der Waals surface area contributed by atoms with E-state index in [9.17, 15) is 9.59 Å². The van der Waals surface area contributed by atoms with Gasteiger partial charge in [0.1, 0.15) is 17.0 Å². The van der Waals surface area contributed by atoms with E-state index in [-0.39, 0.29) is 17.2 Å². The standard InChI is InChI=1S/C24H25N3O3S2/c1-13(2)30-20(28)8-4-14-3-7-17-19(9-14)32-24-22(17)23(25-12-26-24)27-16-6-5-15-10-21(29)31-18(15)11-16/h5-6,11-14H,3-4,7-10H2,1-2H3,(H,25,26,27). The van der Waals surface area contributed by atoms with E-state index in [1.165, 1.54) is 22.2 Å². The highest BCUT2D eigenvalue weighted by Crippen LogP contribution is 2.42. The molecule has 0 saturated heterocycles. The van der Waals surface area contributed by atoms with Gasteiger partial charge >= 0.3 is 5.97 Å². The summed E-state index contributed by atoms with van der Waals surface area (Å²) in [6, 6.07) is 6.06. The molecule has 32 heavy (non-hydrogen) atoms. The number of fused-ring (bicyclic) bond motifs is 4. The number of aryl methyl sites for hydroxylation is 1. The van der Waals surface area contributed by atoms with Crippen LogP contribution in [-0.4, -0.2) is 27.2 Å². The number of aromatic nitrogens is 2. The molecule has 0 spiro atoms. The smallest absolute Gasteiger partial charge is 0.306 e. The van der Waals surface area contributed by atoms with Crippen molar-refractivity contribution >= 4 is 55.9 Å². The zero-order valence-corrected chi connectivity index (χ0v) is 19.8. The van der Waals surface area contributed by atoms with E-state index in [0.717, 1.165) is 57.9 Å². The lowest BCUT2D eigenvalue weighted by Crippen LogP contribution is -2.16. The maximum atomic E-state index is 11.9. The van der Waals surface area contributed by atoms with Gasteiger partial charge in [-0.1, -0.05) is 17.8 Å². The number of rotatable bonds is 6. The molecule has 1 unspecified atom stereocenters. The summed E-state index contributed by atoms with van der Waals surface area (Å²) in [4.78, 5) is 36.1. The fraction of sp³-hybridized carbons (Fsp3) is 0.417. The number of carbonyl (C=O) groups excluding carboxylic acids is 2. The fourth-order valence-electron chi connectivity index (χ4n) is 4.49. The van der Waals surface area contributed by atoms with E-state index in [2.05, 4.69) is 15.3 Å². The van der Waals surface area contributed by atoms with Crippen LogP contribution < -0.4 is 5.32 Å². The quantitative estimate of drug-likeness (QED) is 0.483. The first-order valence-corrected chi connectivity index (χ1v) is 12.6. The molecule has 1 atom stereocenters. The van der Waals surface area contributed by atoms with E-state index >= 15 is 0 Å². The molecule has 3 aromatic rings. The summed E-state index contributed by atoms with van der Waals surface area (Å²) >= 11 is 3.05. The van der Waals surface area contributed by atoms with Crippen LogP contribution in [0.15, 0.2) is 29.4 Å². The minimum Gasteiger partial charge on any atom is -0.463 e. The first-order chi connectivity index (χ1) is 15.5. The maximum Gasteiger partial charge on any atom is 0.306 e. The Hall–Kier alpha value is -2.45. The summed E-state index contributed by atoms with van der Waals surface area (Å²) in [5.74, 6) is 1.21. The van der Waals surface area contributed by atoms with Crippen molar-refractivity contribution in [3.05, 3.63) is 40.5 Å². The zero-order valence-electron chi connectivity index (χ0n) is 18.1. The Morgan fingerprint density at radius 3 is 3.03 bits per heavy atom. The molecular weight excluding hydrogens is 442 g/mol. The molecule has 2 aliphatic rings. The topological polar surface area (TPSA) is 81.2 Å². The SMILES string of the molecule is CC(C)OC(=O)CCC1CCc2c(sc3ncnc(Nc4ccc5c(c4)SC(=O)C5)c23)C1. The molecule has 0 fully saturated rings. The number of hydrogen-bond acceptors (Lipinski definition) is 8. The third-order valence-corrected chi connectivity index (χ3v) is 8.09. The second-order valence-corrected chi connectivity index (χ2v) is 10.9. The normalized spacial score (nSPS) is 17.5. The molecule has 0 radical (unpaired) electrons. The minimum absolute atomic E-state index is 0.0581. The molecule has 1 N–H and O–H groups in total. The summed E-state index contributed by atoms with van der Waals surface area (Å²) in [5, 5.41) is 4.77. The van der Waals surface area contributed by atoms with E-state index in [0.29, 0.717) is 18.8 Å². The Labute approximate surface area is 195 Å². The third-order valence-electron chi connectivity index (χ3n) is 5.96. The van der Waals surface area contributed by atoms with Crippen molar-refractivity contribution in [3.63, 3.8) is 0 Å². The average Bonchev–Trinajstić information content (AvgIpc) is 3.30. The van der Waals surface area contributed by atoms with Crippen LogP contribution in [0.2, 0.25) is 0 Å². The number of thioether (sulfide) groups is 1. The first kappa shape index (κ1) is 21.4. The predicted molar refractivity (Wildman–Crippen MR) is 128 cm³/mol. The highest BCUT2D eigenvalue weighted by atomic mass is 32.2. The lowest BCUT2D eigenvalue weighted by atomic mass is 9.85. The Balaban J connectivity index is 1.34. The van der Waals surface area contributed by atoms with Crippen LogP contribution in [0.25, 0.3) is 10.2 Å². The summed E-state index contributed by atoms with van der Waals surface area (Å²) in [7, 11) is 0. The number of ether oxygens (including phenoxy) is 1. The molecule has 1 aliphatic carbocycles. The second-order valence-electron chi connectivity index (χ2n) is 8.69. The van der Waals surface area contributed by atoms with Crippen molar-refractivity contribution in [2.75, 3.05) is 5.32 Å². The summed E-state index contributed by atoms with van der Waals surface area (Å²) in [6.07, 6.45) is 6.40. The van der Waals surface area contributed by atoms with Crippen LogP contribution in [0, 0.1) is 5.92 Å². The van der Waals surface area contributed by atoms with Gasteiger partial charge in [0.25, 0.3) is 0 Å². The van der Waals surface area contributed by atoms with Crippen LogP contribution in [0.4, 0.5) is 11.5 Å². The van der Waals surface area contributed by atoms with E-state index in [1.807, 2.05) is 32.0 Å². The highest BCUT2D eigenvalue weighted by Gasteiger charge is 2.26. The molecule has 0 saturated carbocycles. The molecule has 3 heterocycles. The molecule has 0 bridgehead atoms. The summed E-state index contributed by atoms with van der Waals surface area (Å²) in [5.41, 5.74) is 3.36. The monoisotopic (exact) mass is 467 g/mol. The van der Waals surface area contributed by atoms with Gasteiger partial charge in [-0.2, -0.15) is 0 Å². The molecule has 6 nitrogen and oxygen atoms in total.